The highest BCUT2D eigenvalue weighted by Gasteiger charge is 2.41. The van der Waals surface area contributed by atoms with Crippen molar-refractivity contribution in [3.05, 3.63) is 0 Å². The fraction of sp³-hybridized carbons (Fsp3) is 0.714. The van der Waals surface area contributed by atoms with Crippen molar-refractivity contribution in [2.45, 2.75) is 6.42 Å². The Bertz CT molecular complexity index is 214. The van der Waals surface area contributed by atoms with Crippen molar-refractivity contribution < 1.29 is 9.59 Å². The maximum atomic E-state index is 11.1. The first kappa shape index (κ1) is 6.64. The molecule has 4 nitrogen and oxygen atoms in total. The van der Waals surface area contributed by atoms with Gasteiger partial charge in [0.1, 0.15) is 5.92 Å². The number of piperidine rings is 1. The van der Waals surface area contributed by atoms with Crippen LogP contribution in [0.1, 0.15) is 6.42 Å². The van der Waals surface area contributed by atoms with Crippen molar-refractivity contribution in [2.24, 2.45) is 11.8 Å². The average molecular weight is 154 g/mol. The van der Waals surface area contributed by atoms with Crippen LogP contribution in [0.2, 0.25) is 0 Å². The minimum absolute atomic E-state index is 0.101. The molecular formula is C7H10N2O2. The lowest BCUT2D eigenvalue weighted by atomic mass is 9.89. The molecule has 2 heterocycles. The smallest absolute Gasteiger partial charge is 0.232 e. The molecule has 2 atom stereocenters. The highest BCUT2D eigenvalue weighted by Crippen LogP contribution is 2.23. The average Bonchev–Trinajstić information content (AvgIpc) is 2.34. The summed E-state index contributed by atoms with van der Waals surface area (Å²) < 4.78 is 0. The van der Waals surface area contributed by atoms with Crippen molar-refractivity contribution in [1.82, 2.24) is 10.6 Å². The van der Waals surface area contributed by atoms with E-state index in [2.05, 4.69) is 10.6 Å². The minimum atomic E-state index is -0.399. The van der Waals surface area contributed by atoms with Crippen LogP contribution in [0.25, 0.3) is 0 Å². The molecule has 0 radical (unpaired) electrons. The quantitative estimate of drug-likeness (QED) is 0.434. The van der Waals surface area contributed by atoms with Gasteiger partial charge in [0.05, 0.1) is 0 Å². The summed E-state index contributed by atoms with van der Waals surface area (Å²) in [6, 6.07) is 0. The Kier molecular flexibility index (Phi) is 1.34. The summed E-state index contributed by atoms with van der Waals surface area (Å²) in [5, 5.41) is 5.38. The molecule has 11 heavy (non-hydrogen) atoms. The molecule has 2 rings (SSSR count). The molecule has 0 aromatic rings. The van der Waals surface area contributed by atoms with E-state index in [0.29, 0.717) is 6.54 Å². The Hall–Kier alpha value is -1.06. The van der Waals surface area contributed by atoms with Crippen LogP contribution in [0.15, 0.2) is 0 Å². The molecule has 2 aliphatic rings. The number of carbonyl (C=O) groups excluding carboxylic acids is 2. The molecule has 2 saturated heterocycles. The van der Waals surface area contributed by atoms with Crippen LogP contribution in [0.3, 0.4) is 0 Å². The first-order valence-corrected chi connectivity index (χ1v) is 3.84. The van der Waals surface area contributed by atoms with Gasteiger partial charge >= 0.3 is 0 Å². The van der Waals surface area contributed by atoms with Gasteiger partial charge in [-0.1, -0.05) is 0 Å². The molecule has 2 amide bonds. The number of fused-ring (bicyclic) bond motifs is 1. The van der Waals surface area contributed by atoms with E-state index in [1.807, 2.05) is 0 Å². The van der Waals surface area contributed by atoms with Gasteiger partial charge in [-0.15, -0.1) is 0 Å². The number of rotatable bonds is 0. The standard InChI is InChI=1S/C7H10N2O2/c10-6-5-4(1-2-8-6)3-9-7(5)11/h4-5H,1-3H2,(H,8,10)(H,9,11). The normalized spacial score (nSPS) is 36.0. The summed E-state index contributed by atoms with van der Waals surface area (Å²) in [5.41, 5.74) is 0. The largest absolute Gasteiger partial charge is 0.355 e. The van der Waals surface area contributed by atoms with Crippen LogP contribution in [-0.2, 0) is 9.59 Å². The molecule has 2 N–H and O–H groups in total. The van der Waals surface area contributed by atoms with Crippen LogP contribution >= 0.6 is 0 Å². The van der Waals surface area contributed by atoms with Crippen LogP contribution < -0.4 is 10.6 Å². The van der Waals surface area contributed by atoms with Crippen LogP contribution in [0, 0.1) is 11.8 Å². The second-order valence-corrected chi connectivity index (χ2v) is 3.06. The third-order valence-electron chi connectivity index (χ3n) is 2.39. The van der Waals surface area contributed by atoms with Crippen LogP contribution in [0.5, 0.6) is 0 Å². The molecule has 2 fully saturated rings. The fourth-order valence-corrected chi connectivity index (χ4v) is 1.77. The molecule has 2 aliphatic heterocycles. The third kappa shape index (κ3) is 0.895. The molecule has 0 spiro atoms. The van der Waals surface area contributed by atoms with E-state index < -0.39 is 5.92 Å². The predicted octanol–water partition coefficient (Wildman–Crippen LogP) is -1.13. The Morgan fingerprint density at radius 1 is 1.18 bits per heavy atom. The number of nitrogens with one attached hydrogen (secondary N) is 2. The Balaban J connectivity index is 2.21. The lowest BCUT2D eigenvalue weighted by Crippen LogP contribution is -2.43. The molecule has 0 aromatic carbocycles. The lowest BCUT2D eigenvalue weighted by Gasteiger charge is -2.21. The zero-order chi connectivity index (χ0) is 7.84. The van der Waals surface area contributed by atoms with Gasteiger partial charge in [0.15, 0.2) is 0 Å². The molecule has 60 valence electrons. The number of hydrogen-bond donors (Lipinski definition) is 2. The van der Waals surface area contributed by atoms with E-state index in [9.17, 15) is 9.59 Å². The SMILES string of the molecule is O=C1NCCC2CNC(=O)C12. The van der Waals surface area contributed by atoms with Gasteiger partial charge in [-0.25, -0.2) is 0 Å². The second kappa shape index (κ2) is 2.22. The van der Waals surface area contributed by atoms with E-state index >= 15 is 0 Å². The lowest BCUT2D eigenvalue weighted by molar-refractivity contribution is -0.135. The van der Waals surface area contributed by atoms with Gasteiger partial charge in [-0.2, -0.15) is 0 Å². The Labute approximate surface area is 64.3 Å². The molecule has 2 unspecified atom stereocenters. The fourth-order valence-electron chi connectivity index (χ4n) is 1.77. The summed E-state index contributed by atoms with van der Waals surface area (Å²) in [5.74, 6) is -0.358. The number of carbonyl (C=O) groups is 2. The van der Waals surface area contributed by atoms with E-state index in [0.717, 1.165) is 13.0 Å². The molecule has 0 bridgehead atoms. The molecule has 0 saturated carbocycles. The second-order valence-electron chi connectivity index (χ2n) is 3.06. The van der Waals surface area contributed by atoms with Gasteiger partial charge in [-0.05, 0) is 12.3 Å². The summed E-state index contributed by atoms with van der Waals surface area (Å²) >= 11 is 0. The van der Waals surface area contributed by atoms with Gasteiger partial charge < -0.3 is 10.6 Å². The summed E-state index contributed by atoms with van der Waals surface area (Å²) in [6.45, 7) is 1.39. The van der Waals surface area contributed by atoms with Gasteiger partial charge in [0.2, 0.25) is 11.8 Å². The van der Waals surface area contributed by atoms with Gasteiger partial charge in [0, 0.05) is 13.1 Å². The van der Waals surface area contributed by atoms with Crippen molar-refractivity contribution in [2.75, 3.05) is 13.1 Å². The zero-order valence-corrected chi connectivity index (χ0v) is 6.09. The van der Waals surface area contributed by atoms with Gasteiger partial charge in [-0.3, -0.25) is 9.59 Å². The number of hydrogen-bond acceptors (Lipinski definition) is 2. The van der Waals surface area contributed by atoms with E-state index in [1.54, 1.807) is 0 Å². The van der Waals surface area contributed by atoms with E-state index in [-0.39, 0.29) is 17.7 Å². The van der Waals surface area contributed by atoms with Crippen LogP contribution in [0.4, 0.5) is 0 Å². The van der Waals surface area contributed by atoms with Crippen LogP contribution in [-0.4, -0.2) is 24.9 Å². The maximum absolute atomic E-state index is 11.1. The Morgan fingerprint density at radius 2 is 1.91 bits per heavy atom. The van der Waals surface area contributed by atoms with E-state index in [1.165, 1.54) is 0 Å². The maximum Gasteiger partial charge on any atom is 0.232 e. The first-order chi connectivity index (χ1) is 5.29. The van der Waals surface area contributed by atoms with E-state index in [4.69, 9.17) is 0 Å². The third-order valence-corrected chi connectivity index (χ3v) is 2.39. The van der Waals surface area contributed by atoms with Crippen molar-refractivity contribution in [3.8, 4) is 0 Å². The molecule has 4 heteroatoms. The van der Waals surface area contributed by atoms with Crippen molar-refractivity contribution in [3.63, 3.8) is 0 Å². The summed E-state index contributed by atoms with van der Waals surface area (Å²) in [4.78, 5) is 22.2. The first-order valence-electron chi connectivity index (χ1n) is 3.84. The highest BCUT2D eigenvalue weighted by molar-refractivity contribution is 6.02. The Morgan fingerprint density at radius 3 is 2.64 bits per heavy atom. The van der Waals surface area contributed by atoms with Gasteiger partial charge in [0.25, 0.3) is 0 Å². The monoisotopic (exact) mass is 154 g/mol. The molecule has 0 aliphatic carbocycles. The summed E-state index contributed by atoms with van der Waals surface area (Å²) in [6.07, 6.45) is 0.926. The topological polar surface area (TPSA) is 58.2 Å². The molecule has 0 aromatic heterocycles. The van der Waals surface area contributed by atoms with Crippen molar-refractivity contribution in [1.29, 1.82) is 0 Å². The van der Waals surface area contributed by atoms with Crippen molar-refractivity contribution >= 4 is 11.8 Å². The number of amides is 2. The summed E-state index contributed by atoms with van der Waals surface area (Å²) in [7, 11) is 0. The molecular weight excluding hydrogens is 144 g/mol. The minimum Gasteiger partial charge on any atom is -0.355 e. The highest BCUT2D eigenvalue weighted by atomic mass is 16.2. The zero-order valence-electron chi connectivity index (χ0n) is 6.09. The predicted molar refractivity (Wildman–Crippen MR) is 37.6 cm³/mol.